The van der Waals surface area contributed by atoms with Crippen molar-refractivity contribution >= 4 is 34.5 Å². The number of phenolic OH excluding ortho intramolecular Hbond substituents is 1. The highest BCUT2D eigenvalue weighted by molar-refractivity contribution is 6.26. The Morgan fingerprint density at radius 2 is 2.19 bits per heavy atom. The van der Waals surface area contributed by atoms with Gasteiger partial charge >= 0.3 is 5.97 Å². The average Bonchev–Trinajstić information content (AvgIpc) is 3.31. The molecule has 0 atom stereocenters. The molecule has 1 aliphatic heterocycles. The van der Waals surface area contributed by atoms with E-state index in [1.54, 1.807) is 31.5 Å². The molecule has 0 fully saturated rings. The molecule has 0 saturated carbocycles. The number of aromatic hydroxyl groups is 1. The monoisotopic (exact) mass is 421 g/mol. The van der Waals surface area contributed by atoms with Gasteiger partial charge in [0, 0.05) is 29.4 Å². The van der Waals surface area contributed by atoms with Crippen LogP contribution in [-0.2, 0) is 19.1 Å². The maximum absolute atomic E-state index is 13.0. The van der Waals surface area contributed by atoms with E-state index >= 15 is 0 Å². The van der Waals surface area contributed by atoms with E-state index in [0.29, 0.717) is 17.0 Å². The number of hydrogen-bond acceptors (Lipinski definition) is 8. The summed E-state index contributed by atoms with van der Waals surface area (Å²) in [7, 11) is 1.47. The number of methoxy groups -OCH3 is 1. The Hall–Kier alpha value is -4.27. The first kappa shape index (κ1) is 20.0. The number of esters is 1. The maximum Gasteiger partial charge on any atom is 0.347 e. The van der Waals surface area contributed by atoms with Crippen molar-refractivity contribution in [3.63, 3.8) is 0 Å². The van der Waals surface area contributed by atoms with Crippen molar-refractivity contribution in [2.75, 3.05) is 19.0 Å². The van der Waals surface area contributed by atoms with Gasteiger partial charge in [-0.1, -0.05) is 0 Å². The number of carbonyl (C=O) groups excluding carboxylic acids is 2. The largest absolute Gasteiger partial charge is 0.506 e. The van der Waals surface area contributed by atoms with Crippen LogP contribution >= 0.6 is 0 Å². The molecule has 9 nitrogen and oxygen atoms in total. The van der Waals surface area contributed by atoms with Gasteiger partial charge in [0.1, 0.15) is 17.1 Å². The van der Waals surface area contributed by atoms with E-state index in [9.17, 15) is 14.7 Å². The number of pyridine rings is 1. The van der Waals surface area contributed by atoms with Crippen molar-refractivity contribution < 1.29 is 28.9 Å². The second-order valence-electron chi connectivity index (χ2n) is 6.52. The summed E-state index contributed by atoms with van der Waals surface area (Å²) in [6.07, 6.45) is 4.85. The molecule has 3 aromatic rings. The Kier molecular flexibility index (Phi) is 5.31. The van der Waals surface area contributed by atoms with Crippen LogP contribution in [0.15, 0.2) is 59.9 Å². The summed E-state index contributed by atoms with van der Waals surface area (Å²) in [6.45, 7) is 1.72. The fraction of sp³-hybridized carbons (Fsp3) is 0.136. The van der Waals surface area contributed by atoms with Crippen LogP contribution in [0, 0.1) is 0 Å². The lowest BCUT2D eigenvalue weighted by molar-refractivity contribution is -0.139. The first-order valence-electron chi connectivity index (χ1n) is 9.43. The van der Waals surface area contributed by atoms with E-state index < -0.39 is 11.8 Å². The fourth-order valence-corrected chi connectivity index (χ4v) is 3.11. The van der Waals surface area contributed by atoms with Crippen LogP contribution in [0.2, 0.25) is 0 Å². The number of benzene rings is 1. The number of carbonyl (C=O) groups is 2. The van der Waals surface area contributed by atoms with Crippen molar-refractivity contribution in [3.8, 4) is 11.5 Å². The van der Waals surface area contributed by atoms with Crippen LogP contribution in [0.25, 0.3) is 17.1 Å². The molecule has 3 N–H and O–H groups in total. The zero-order valence-electron chi connectivity index (χ0n) is 16.8. The smallest absolute Gasteiger partial charge is 0.347 e. The van der Waals surface area contributed by atoms with E-state index in [1.165, 1.54) is 25.3 Å². The number of hydrogen-bond donors (Lipinski definition) is 3. The number of ether oxygens (including phenoxy) is 3. The number of nitrogens with zero attached hydrogens (tertiary/aromatic N) is 1. The number of phenols is 1. The average molecular weight is 421 g/mol. The molecule has 3 heterocycles. The molecular weight excluding hydrogens is 402 g/mol. The van der Waals surface area contributed by atoms with Crippen molar-refractivity contribution in [1.82, 2.24) is 9.97 Å². The minimum atomic E-state index is -0.827. The van der Waals surface area contributed by atoms with Crippen LogP contribution < -0.4 is 10.1 Å². The van der Waals surface area contributed by atoms with Crippen molar-refractivity contribution in [3.05, 3.63) is 65.5 Å². The quantitative estimate of drug-likeness (QED) is 0.240. The summed E-state index contributed by atoms with van der Waals surface area (Å²) in [5.41, 5.74) is 1.26. The third-order valence-electron chi connectivity index (χ3n) is 4.59. The first-order chi connectivity index (χ1) is 15.0. The highest BCUT2D eigenvalue weighted by atomic mass is 16.5. The van der Waals surface area contributed by atoms with E-state index in [1.807, 2.05) is 6.07 Å². The van der Waals surface area contributed by atoms with E-state index in [4.69, 9.17) is 14.2 Å². The van der Waals surface area contributed by atoms with Gasteiger partial charge in [0.2, 0.25) is 11.7 Å². The predicted molar refractivity (Wildman–Crippen MR) is 112 cm³/mol. The van der Waals surface area contributed by atoms with E-state index in [-0.39, 0.29) is 35.3 Å². The van der Waals surface area contributed by atoms with Crippen molar-refractivity contribution in [2.24, 2.45) is 0 Å². The van der Waals surface area contributed by atoms with Crippen LogP contribution in [0.3, 0.4) is 0 Å². The maximum atomic E-state index is 13.0. The number of Topliss-reactive ketones (excluding diaryl/α,β-unsaturated/α-hetero) is 1. The van der Waals surface area contributed by atoms with E-state index in [0.717, 1.165) is 5.39 Å². The number of H-pyrrole nitrogens is 1. The molecule has 0 spiro atoms. The number of allylic oxidation sites excluding steroid dienone is 1. The minimum Gasteiger partial charge on any atom is -0.506 e. The van der Waals surface area contributed by atoms with Crippen LogP contribution in [0.4, 0.5) is 5.69 Å². The Balaban J connectivity index is 1.71. The lowest BCUT2D eigenvalue weighted by Crippen LogP contribution is -2.16. The van der Waals surface area contributed by atoms with Gasteiger partial charge in [-0.3, -0.25) is 4.79 Å². The molecule has 158 valence electrons. The van der Waals surface area contributed by atoms with E-state index in [2.05, 4.69) is 15.3 Å². The fourth-order valence-electron chi connectivity index (χ4n) is 3.11. The first-order valence-corrected chi connectivity index (χ1v) is 9.43. The highest BCUT2D eigenvalue weighted by Crippen LogP contribution is 2.34. The predicted octanol–water partition coefficient (Wildman–Crippen LogP) is 3.10. The van der Waals surface area contributed by atoms with Gasteiger partial charge in [-0.15, -0.1) is 0 Å². The SMILES string of the molecule is CCOC(=O)C1=C(Nc2ccc(OC)cc2O)O/C(=C\c2c[nH]c3ncccc23)C1=O. The molecule has 0 bridgehead atoms. The van der Waals surface area contributed by atoms with Gasteiger partial charge in [-0.2, -0.15) is 0 Å². The molecule has 4 rings (SSSR count). The summed E-state index contributed by atoms with van der Waals surface area (Å²) < 4.78 is 15.8. The molecule has 1 aromatic carbocycles. The van der Waals surface area contributed by atoms with Crippen LogP contribution in [-0.4, -0.2) is 40.5 Å². The van der Waals surface area contributed by atoms with Gasteiger partial charge < -0.3 is 29.6 Å². The zero-order valence-corrected chi connectivity index (χ0v) is 16.8. The highest BCUT2D eigenvalue weighted by Gasteiger charge is 2.37. The molecular formula is C22H19N3O6. The van der Waals surface area contributed by atoms with Gasteiger partial charge in [0.25, 0.3) is 0 Å². The summed E-state index contributed by atoms with van der Waals surface area (Å²) in [5, 5.41) is 13.8. The Bertz CT molecular complexity index is 1240. The second kappa shape index (κ2) is 8.23. The van der Waals surface area contributed by atoms with Crippen molar-refractivity contribution in [1.29, 1.82) is 0 Å². The Morgan fingerprint density at radius 1 is 1.35 bits per heavy atom. The molecule has 0 aliphatic carbocycles. The molecule has 9 heteroatoms. The van der Waals surface area contributed by atoms with Crippen LogP contribution in [0.1, 0.15) is 12.5 Å². The topological polar surface area (TPSA) is 123 Å². The summed E-state index contributed by atoms with van der Waals surface area (Å²) in [6, 6.07) is 8.15. The third-order valence-corrected chi connectivity index (χ3v) is 4.59. The molecule has 0 saturated heterocycles. The molecule has 2 aromatic heterocycles. The van der Waals surface area contributed by atoms with Gasteiger partial charge in [-0.05, 0) is 37.3 Å². The number of anilines is 1. The minimum absolute atomic E-state index is 0.0664. The van der Waals surface area contributed by atoms with Crippen LogP contribution in [0.5, 0.6) is 11.5 Å². The molecule has 0 unspecified atom stereocenters. The lowest BCUT2D eigenvalue weighted by atomic mass is 10.1. The second-order valence-corrected chi connectivity index (χ2v) is 6.52. The third kappa shape index (κ3) is 3.80. The molecule has 31 heavy (non-hydrogen) atoms. The number of aromatic amines is 1. The number of rotatable bonds is 6. The number of fused-ring (bicyclic) bond motifs is 1. The van der Waals surface area contributed by atoms with Gasteiger partial charge in [0.05, 0.1) is 19.4 Å². The molecule has 0 radical (unpaired) electrons. The number of ketones is 1. The van der Waals surface area contributed by atoms with Crippen molar-refractivity contribution in [2.45, 2.75) is 6.92 Å². The molecule has 0 amide bonds. The summed E-state index contributed by atoms with van der Waals surface area (Å²) >= 11 is 0. The lowest BCUT2D eigenvalue weighted by Gasteiger charge is -2.11. The summed E-state index contributed by atoms with van der Waals surface area (Å²) in [5.74, 6) is -1.36. The summed E-state index contributed by atoms with van der Waals surface area (Å²) in [4.78, 5) is 32.6. The number of nitrogens with one attached hydrogen (secondary N) is 2. The van der Waals surface area contributed by atoms with Gasteiger partial charge in [-0.25, -0.2) is 9.78 Å². The Morgan fingerprint density at radius 3 is 2.94 bits per heavy atom. The zero-order chi connectivity index (χ0) is 22.0. The van der Waals surface area contributed by atoms with Gasteiger partial charge in [0.15, 0.2) is 11.3 Å². The Labute approximate surface area is 177 Å². The normalized spacial score (nSPS) is 14.8. The number of aromatic nitrogens is 2. The standard InChI is InChI=1S/C22H19N3O6/c1-3-30-22(28)18-19(27)17(9-12-11-24-20-14(12)5-4-8-23-20)31-21(18)25-15-7-6-13(29-2)10-16(15)26/h4-11,25-26H,3H2,1-2H3,(H,23,24)/b17-9-. The molecule has 1 aliphatic rings.